The molecule has 5 rings (SSSR count). The van der Waals surface area contributed by atoms with Crippen molar-refractivity contribution in [2.75, 3.05) is 6.54 Å². The van der Waals surface area contributed by atoms with Crippen molar-refractivity contribution in [1.29, 1.82) is 0 Å². The van der Waals surface area contributed by atoms with E-state index in [1.807, 2.05) is 25.1 Å². The number of nitrogens with one attached hydrogen (secondary N) is 1. The molecule has 1 atom stereocenters. The normalized spacial score (nSPS) is 15.8. The van der Waals surface area contributed by atoms with Crippen molar-refractivity contribution in [3.63, 3.8) is 0 Å². The molecule has 2 amide bonds. The summed E-state index contributed by atoms with van der Waals surface area (Å²) in [5.41, 5.74) is 3.40. The highest BCUT2D eigenvalue weighted by Crippen LogP contribution is 2.37. The molecule has 0 saturated heterocycles. The smallest absolute Gasteiger partial charge is 0.322 e. The Hall–Kier alpha value is -4.33. The molecular formula is C28H24F2N4O2. The van der Waals surface area contributed by atoms with Crippen molar-refractivity contribution < 1.29 is 18.1 Å². The Morgan fingerprint density at radius 3 is 2.47 bits per heavy atom. The zero-order valence-electron chi connectivity index (χ0n) is 19.6. The number of allylic oxidation sites excluding steroid dienone is 1. The first-order valence-electron chi connectivity index (χ1n) is 11.7. The number of hydrogen-bond donors (Lipinski definition) is 1. The van der Waals surface area contributed by atoms with Crippen LogP contribution in [0.2, 0.25) is 0 Å². The zero-order valence-corrected chi connectivity index (χ0v) is 19.6. The number of benzene rings is 3. The number of carbonyl (C=O) groups excluding carboxylic acids is 1. The molecule has 0 radical (unpaired) electrons. The molecule has 8 heteroatoms. The second kappa shape index (κ2) is 10.1. The predicted molar refractivity (Wildman–Crippen MR) is 131 cm³/mol. The maximum Gasteiger partial charge on any atom is 0.322 e. The Kier molecular flexibility index (Phi) is 6.58. The third-order valence-electron chi connectivity index (χ3n) is 6.21. The van der Waals surface area contributed by atoms with Crippen LogP contribution in [0, 0.1) is 11.6 Å². The van der Waals surface area contributed by atoms with Gasteiger partial charge in [0.15, 0.2) is 0 Å². The lowest BCUT2D eigenvalue weighted by Gasteiger charge is -2.35. The summed E-state index contributed by atoms with van der Waals surface area (Å²) in [6, 6.07) is 21.0. The van der Waals surface area contributed by atoms with Gasteiger partial charge in [-0.1, -0.05) is 59.8 Å². The molecule has 2 heterocycles. The van der Waals surface area contributed by atoms with E-state index in [0.717, 1.165) is 12.8 Å². The van der Waals surface area contributed by atoms with E-state index in [1.54, 1.807) is 29.2 Å². The van der Waals surface area contributed by atoms with Crippen LogP contribution in [0.1, 0.15) is 36.4 Å². The van der Waals surface area contributed by atoms with Crippen LogP contribution in [0.3, 0.4) is 0 Å². The molecule has 3 aromatic carbocycles. The third-order valence-corrected chi connectivity index (χ3v) is 6.21. The number of hydrogen-bond acceptors (Lipinski definition) is 4. The molecule has 6 nitrogen and oxygen atoms in total. The summed E-state index contributed by atoms with van der Waals surface area (Å²) in [5.74, 6) is -0.444. The van der Waals surface area contributed by atoms with Gasteiger partial charge in [-0.05, 0) is 55.2 Å². The zero-order chi connectivity index (χ0) is 25.1. The number of carbonyl (C=O) groups is 1. The summed E-state index contributed by atoms with van der Waals surface area (Å²) < 4.78 is 33.4. The van der Waals surface area contributed by atoms with Crippen LogP contribution in [-0.4, -0.2) is 27.6 Å². The molecule has 4 aromatic rings. The van der Waals surface area contributed by atoms with E-state index < -0.39 is 17.7 Å². The fraction of sp³-hybridized carbons (Fsp3) is 0.179. The van der Waals surface area contributed by atoms with Crippen molar-refractivity contribution in [2.45, 2.75) is 25.8 Å². The summed E-state index contributed by atoms with van der Waals surface area (Å²) in [4.78, 5) is 19.3. The monoisotopic (exact) mass is 486 g/mol. The SMILES string of the molecule is CC1=C(c2nc(-c3cccc(F)c3)no2)C(c2cccc(F)c2)NC(=O)N1CCCc1ccccc1. The van der Waals surface area contributed by atoms with Gasteiger partial charge >= 0.3 is 6.03 Å². The molecule has 1 unspecified atom stereocenters. The first-order valence-corrected chi connectivity index (χ1v) is 11.7. The Morgan fingerprint density at radius 2 is 1.72 bits per heavy atom. The molecule has 0 bridgehead atoms. The van der Waals surface area contributed by atoms with Crippen LogP contribution in [0.25, 0.3) is 17.0 Å². The molecule has 1 N–H and O–H groups in total. The van der Waals surface area contributed by atoms with E-state index in [4.69, 9.17) is 4.52 Å². The molecule has 0 aliphatic carbocycles. The summed E-state index contributed by atoms with van der Waals surface area (Å²) in [6.07, 6.45) is 1.55. The van der Waals surface area contributed by atoms with Gasteiger partial charge in [0.2, 0.25) is 5.82 Å². The minimum atomic E-state index is -0.695. The van der Waals surface area contributed by atoms with Crippen molar-refractivity contribution in [3.05, 3.63) is 113 Å². The fourth-order valence-corrected chi connectivity index (χ4v) is 4.43. The number of halogens is 2. The maximum atomic E-state index is 14.1. The van der Waals surface area contributed by atoms with Gasteiger partial charge in [-0.25, -0.2) is 13.6 Å². The average Bonchev–Trinajstić information content (AvgIpc) is 3.36. The lowest BCUT2D eigenvalue weighted by Crippen LogP contribution is -2.46. The largest absolute Gasteiger partial charge is 0.334 e. The molecule has 182 valence electrons. The number of urea groups is 1. The fourth-order valence-electron chi connectivity index (χ4n) is 4.43. The van der Waals surface area contributed by atoms with Gasteiger partial charge in [-0.2, -0.15) is 4.98 Å². The predicted octanol–water partition coefficient (Wildman–Crippen LogP) is 6.15. The second-order valence-electron chi connectivity index (χ2n) is 8.61. The highest BCUT2D eigenvalue weighted by Gasteiger charge is 2.35. The number of rotatable bonds is 7. The van der Waals surface area contributed by atoms with Gasteiger partial charge in [-0.3, -0.25) is 4.90 Å². The Bertz CT molecular complexity index is 1420. The van der Waals surface area contributed by atoms with Crippen molar-refractivity contribution >= 4 is 11.6 Å². The van der Waals surface area contributed by atoms with Crippen molar-refractivity contribution in [2.24, 2.45) is 0 Å². The maximum absolute atomic E-state index is 14.1. The summed E-state index contributed by atoms with van der Waals surface area (Å²) >= 11 is 0. The highest BCUT2D eigenvalue weighted by molar-refractivity contribution is 5.86. The second-order valence-corrected chi connectivity index (χ2v) is 8.61. The van der Waals surface area contributed by atoms with Gasteiger partial charge in [0.1, 0.15) is 11.6 Å². The quantitative estimate of drug-likeness (QED) is 0.340. The lowest BCUT2D eigenvalue weighted by atomic mass is 9.94. The standard InChI is InChI=1S/C28H24F2N4O2/c1-18-24(27-32-26(33-36-27)21-12-6-14-23(30)17-21)25(20-11-5-13-22(29)16-20)31-28(35)34(18)15-7-10-19-8-3-2-4-9-19/h2-6,8-9,11-14,16-17,25H,7,10,15H2,1H3,(H,31,35). The first-order chi connectivity index (χ1) is 17.5. The molecular weight excluding hydrogens is 462 g/mol. The van der Waals surface area contributed by atoms with Crippen LogP contribution in [0.4, 0.5) is 13.6 Å². The first kappa shape index (κ1) is 23.4. The highest BCUT2D eigenvalue weighted by atomic mass is 19.1. The minimum absolute atomic E-state index is 0.175. The van der Waals surface area contributed by atoms with E-state index >= 15 is 0 Å². The van der Waals surface area contributed by atoms with E-state index in [0.29, 0.717) is 28.9 Å². The van der Waals surface area contributed by atoms with Crippen LogP contribution < -0.4 is 5.32 Å². The Balaban J connectivity index is 1.50. The summed E-state index contributed by atoms with van der Waals surface area (Å²) in [6.45, 7) is 2.28. The number of aromatic nitrogens is 2. The third kappa shape index (κ3) is 4.88. The van der Waals surface area contributed by atoms with Crippen LogP contribution in [0.5, 0.6) is 0 Å². The van der Waals surface area contributed by atoms with E-state index in [-0.39, 0.29) is 17.7 Å². The average molecular weight is 487 g/mol. The Morgan fingerprint density at radius 1 is 0.972 bits per heavy atom. The van der Waals surface area contributed by atoms with E-state index in [1.165, 1.54) is 29.8 Å². The molecule has 0 fully saturated rings. The summed E-state index contributed by atoms with van der Waals surface area (Å²) in [7, 11) is 0. The van der Waals surface area contributed by atoms with Crippen molar-refractivity contribution in [3.8, 4) is 11.4 Å². The van der Waals surface area contributed by atoms with E-state index in [2.05, 4.69) is 27.6 Å². The molecule has 36 heavy (non-hydrogen) atoms. The molecule has 0 saturated carbocycles. The Labute approximate surface area is 207 Å². The van der Waals surface area contributed by atoms with Gasteiger partial charge < -0.3 is 9.84 Å². The molecule has 0 spiro atoms. The molecule has 1 aromatic heterocycles. The summed E-state index contributed by atoms with van der Waals surface area (Å²) in [5, 5.41) is 7.01. The van der Waals surface area contributed by atoms with Gasteiger partial charge in [0.25, 0.3) is 5.89 Å². The van der Waals surface area contributed by atoms with Crippen LogP contribution in [0.15, 0.2) is 89.1 Å². The number of nitrogens with zero attached hydrogens (tertiary/aromatic N) is 3. The van der Waals surface area contributed by atoms with Gasteiger partial charge in [0, 0.05) is 17.8 Å². The minimum Gasteiger partial charge on any atom is -0.334 e. The number of amides is 2. The molecule has 1 aliphatic rings. The van der Waals surface area contributed by atoms with Crippen molar-refractivity contribution in [1.82, 2.24) is 20.4 Å². The van der Waals surface area contributed by atoms with Gasteiger partial charge in [-0.15, -0.1) is 0 Å². The van der Waals surface area contributed by atoms with Crippen LogP contribution >= 0.6 is 0 Å². The number of aryl methyl sites for hydroxylation is 1. The van der Waals surface area contributed by atoms with Crippen LogP contribution in [-0.2, 0) is 6.42 Å². The lowest BCUT2D eigenvalue weighted by molar-refractivity contribution is 0.204. The topological polar surface area (TPSA) is 71.3 Å². The molecule has 1 aliphatic heterocycles. The van der Waals surface area contributed by atoms with Gasteiger partial charge in [0.05, 0.1) is 11.6 Å². The van der Waals surface area contributed by atoms with E-state index in [9.17, 15) is 13.6 Å².